The Morgan fingerprint density at radius 2 is 2.33 bits per heavy atom. The molecule has 80 valence electrons. The van der Waals surface area contributed by atoms with Crippen LogP contribution < -0.4 is 10.9 Å². The van der Waals surface area contributed by atoms with Gasteiger partial charge >= 0.3 is 5.97 Å². The van der Waals surface area contributed by atoms with Gasteiger partial charge in [0.15, 0.2) is 0 Å². The second-order valence-corrected chi connectivity index (χ2v) is 3.74. The number of fused-ring (bicyclic) bond motifs is 1. The lowest BCUT2D eigenvalue weighted by Gasteiger charge is -2.21. The van der Waals surface area contributed by atoms with E-state index >= 15 is 0 Å². The van der Waals surface area contributed by atoms with Crippen LogP contribution in [0.2, 0.25) is 0 Å². The van der Waals surface area contributed by atoms with E-state index in [-0.39, 0.29) is 11.4 Å². The van der Waals surface area contributed by atoms with E-state index in [1.165, 1.54) is 0 Å². The van der Waals surface area contributed by atoms with Crippen LogP contribution in [0.1, 0.15) is 23.1 Å². The normalized spacial score (nSPS) is 19.1. The summed E-state index contributed by atoms with van der Waals surface area (Å²) < 4.78 is 0. The van der Waals surface area contributed by atoms with Gasteiger partial charge in [-0.15, -0.1) is 0 Å². The van der Waals surface area contributed by atoms with Crippen LogP contribution in [0.5, 0.6) is 0 Å². The first-order valence-electron chi connectivity index (χ1n) is 4.68. The molecule has 1 aliphatic rings. The van der Waals surface area contributed by atoms with Crippen molar-refractivity contribution < 1.29 is 9.90 Å². The van der Waals surface area contributed by atoms with Gasteiger partial charge in [0, 0.05) is 6.54 Å². The first kappa shape index (κ1) is 9.70. The third kappa shape index (κ3) is 1.70. The van der Waals surface area contributed by atoms with Crippen molar-refractivity contribution >= 4 is 11.8 Å². The average molecular weight is 209 g/mol. The quantitative estimate of drug-likeness (QED) is 0.608. The fraction of sp³-hybridized carbons (Fsp3) is 0.444. The standard InChI is InChI=1S/C9H11N3O3/c1-4-2-5-6(10-3-4)11-7(9(14)15)12-8(5)13/h4H,2-3H2,1H3,(H,14,15)(H2,10,11,12,13)/t4-/m0/s1. The van der Waals surface area contributed by atoms with Crippen molar-refractivity contribution in [3.05, 3.63) is 21.7 Å². The van der Waals surface area contributed by atoms with Crippen molar-refractivity contribution in [3.8, 4) is 0 Å². The van der Waals surface area contributed by atoms with E-state index < -0.39 is 5.97 Å². The summed E-state index contributed by atoms with van der Waals surface area (Å²) in [6.07, 6.45) is 0.630. The number of nitrogens with one attached hydrogen (secondary N) is 2. The molecule has 0 amide bonds. The van der Waals surface area contributed by atoms with E-state index in [2.05, 4.69) is 15.3 Å². The fourth-order valence-corrected chi connectivity index (χ4v) is 1.63. The first-order chi connectivity index (χ1) is 7.08. The molecule has 0 spiro atoms. The predicted molar refractivity (Wildman–Crippen MR) is 53.2 cm³/mol. The number of hydrogen-bond acceptors (Lipinski definition) is 4. The monoisotopic (exact) mass is 209 g/mol. The fourth-order valence-electron chi connectivity index (χ4n) is 1.63. The predicted octanol–water partition coefficient (Wildman–Crippen LogP) is 0.0722. The lowest BCUT2D eigenvalue weighted by Crippen LogP contribution is -2.30. The Balaban J connectivity index is 2.53. The van der Waals surface area contributed by atoms with E-state index in [1.54, 1.807) is 0 Å². The number of carboxylic acids is 1. The zero-order valence-electron chi connectivity index (χ0n) is 8.20. The van der Waals surface area contributed by atoms with Crippen molar-refractivity contribution in [1.29, 1.82) is 0 Å². The molecule has 0 aromatic carbocycles. The molecule has 2 heterocycles. The van der Waals surface area contributed by atoms with Crippen LogP contribution in [0, 0.1) is 5.92 Å². The molecular weight excluding hydrogens is 198 g/mol. The number of aromatic amines is 1. The van der Waals surface area contributed by atoms with Gasteiger partial charge in [-0.05, 0) is 12.3 Å². The van der Waals surface area contributed by atoms with Gasteiger partial charge < -0.3 is 15.4 Å². The Morgan fingerprint density at radius 1 is 1.60 bits per heavy atom. The summed E-state index contributed by atoms with van der Waals surface area (Å²) in [5.41, 5.74) is 0.176. The van der Waals surface area contributed by atoms with Crippen LogP contribution in [0.3, 0.4) is 0 Å². The SMILES string of the molecule is C[C@@H]1CNc2nc(C(=O)O)[nH]c(=O)c2C1. The molecule has 0 aliphatic carbocycles. The number of aromatic nitrogens is 2. The van der Waals surface area contributed by atoms with Crippen molar-refractivity contribution in [3.63, 3.8) is 0 Å². The maximum absolute atomic E-state index is 11.5. The number of H-pyrrole nitrogens is 1. The number of carboxylic acid groups (broad SMARTS) is 1. The number of carbonyl (C=O) groups is 1. The van der Waals surface area contributed by atoms with Crippen LogP contribution in [-0.2, 0) is 6.42 Å². The highest BCUT2D eigenvalue weighted by Gasteiger charge is 2.21. The van der Waals surface area contributed by atoms with Crippen LogP contribution in [0.25, 0.3) is 0 Å². The van der Waals surface area contributed by atoms with E-state index in [9.17, 15) is 9.59 Å². The number of nitrogens with zero attached hydrogens (tertiary/aromatic N) is 1. The maximum Gasteiger partial charge on any atom is 0.372 e. The van der Waals surface area contributed by atoms with Crippen molar-refractivity contribution in [2.75, 3.05) is 11.9 Å². The van der Waals surface area contributed by atoms with Crippen LogP contribution in [0.15, 0.2) is 4.79 Å². The van der Waals surface area contributed by atoms with E-state index in [1.807, 2.05) is 6.92 Å². The van der Waals surface area contributed by atoms with Gasteiger partial charge in [0.1, 0.15) is 5.82 Å². The van der Waals surface area contributed by atoms with Crippen molar-refractivity contribution in [2.45, 2.75) is 13.3 Å². The molecule has 0 bridgehead atoms. The molecule has 0 radical (unpaired) electrons. The molecule has 2 rings (SSSR count). The molecule has 6 heteroatoms. The van der Waals surface area contributed by atoms with Gasteiger partial charge in [-0.2, -0.15) is 0 Å². The van der Waals surface area contributed by atoms with Crippen molar-refractivity contribution in [1.82, 2.24) is 9.97 Å². The minimum Gasteiger partial charge on any atom is -0.475 e. The molecule has 15 heavy (non-hydrogen) atoms. The molecule has 6 nitrogen and oxygen atoms in total. The Hall–Kier alpha value is -1.85. The van der Waals surface area contributed by atoms with Crippen molar-refractivity contribution in [2.24, 2.45) is 5.92 Å². The Kier molecular flexibility index (Phi) is 2.18. The molecule has 0 unspecified atom stereocenters. The number of aromatic carboxylic acids is 1. The van der Waals surface area contributed by atoms with Gasteiger partial charge in [-0.3, -0.25) is 4.79 Å². The minimum atomic E-state index is -1.23. The highest BCUT2D eigenvalue weighted by atomic mass is 16.4. The molecule has 1 atom stereocenters. The van der Waals surface area contributed by atoms with E-state index in [0.717, 1.165) is 0 Å². The Labute approximate surface area is 85.4 Å². The third-order valence-corrected chi connectivity index (χ3v) is 2.39. The highest BCUT2D eigenvalue weighted by Crippen LogP contribution is 2.18. The molecular formula is C9H11N3O3. The lowest BCUT2D eigenvalue weighted by atomic mass is 9.99. The summed E-state index contributed by atoms with van der Waals surface area (Å²) in [7, 11) is 0. The molecule has 0 fully saturated rings. The summed E-state index contributed by atoms with van der Waals surface area (Å²) in [6.45, 7) is 2.73. The third-order valence-electron chi connectivity index (χ3n) is 2.39. The lowest BCUT2D eigenvalue weighted by molar-refractivity contribution is 0.0683. The number of rotatable bonds is 1. The zero-order chi connectivity index (χ0) is 11.0. The smallest absolute Gasteiger partial charge is 0.372 e. The van der Waals surface area contributed by atoms with E-state index in [0.29, 0.717) is 30.3 Å². The molecule has 0 saturated heterocycles. The Morgan fingerprint density at radius 3 is 3.00 bits per heavy atom. The van der Waals surface area contributed by atoms with Gasteiger partial charge in [-0.1, -0.05) is 6.92 Å². The van der Waals surface area contributed by atoms with Crippen LogP contribution in [0.4, 0.5) is 5.82 Å². The highest BCUT2D eigenvalue weighted by molar-refractivity contribution is 5.83. The minimum absolute atomic E-state index is 0.319. The van der Waals surface area contributed by atoms with E-state index in [4.69, 9.17) is 5.11 Å². The summed E-state index contributed by atoms with van der Waals surface area (Å²) >= 11 is 0. The second kappa shape index (κ2) is 3.38. The first-order valence-corrected chi connectivity index (χ1v) is 4.68. The molecule has 1 aromatic rings. The molecule has 3 N–H and O–H groups in total. The average Bonchev–Trinajstić information content (AvgIpc) is 2.18. The van der Waals surface area contributed by atoms with Gasteiger partial charge in [0.2, 0.25) is 5.82 Å². The summed E-state index contributed by atoms with van der Waals surface area (Å²) in [5.74, 6) is -0.790. The molecule has 1 aromatic heterocycles. The number of anilines is 1. The molecule has 1 aliphatic heterocycles. The van der Waals surface area contributed by atoms with Crippen LogP contribution >= 0.6 is 0 Å². The maximum atomic E-state index is 11.5. The van der Waals surface area contributed by atoms with Gasteiger partial charge in [-0.25, -0.2) is 9.78 Å². The summed E-state index contributed by atoms with van der Waals surface area (Å²) in [4.78, 5) is 28.3. The topological polar surface area (TPSA) is 95.1 Å². The van der Waals surface area contributed by atoms with Gasteiger partial charge in [0.25, 0.3) is 5.56 Å². The van der Waals surface area contributed by atoms with Gasteiger partial charge in [0.05, 0.1) is 5.56 Å². The largest absolute Gasteiger partial charge is 0.475 e. The number of hydrogen-bond donors (Lipinski definition) is 3. The van der Waals surface area contributed by atoms with Crippen LogP contribution in [-0.4, -0.2) is 27.6 Å². The summed E-state index contributed by atoms with van der Waals surface area (Å²) in [6, 6.07) is 0. The zero-order valence-corrected chi connectivity index (χ0v) is 8.20. The Bertz CT molecular complexity index is 466. The summed E-state index contributed by atoms with van der Waals surface area (Å²) in [5, 5.41) is 11.7. The molecule has 0 saturated carbocycles. The second-order valence-electron chi connectivity index (χ2n) is 3.74.